The number of aryl methyl sites for hydroxylation is 3. The van der Waals surface area contributed by atoms with E-state index in [0.29, 0.717) is 11.8 Å². The highest BCUT2D eigenvalue weighted by Crippen LogP contribution is 2.27. The van der Waals surface area contributed by atoms with Gasteiger partial charge in [-0.25, -0.2) is 0 Å². The highest BCUT2D eigenvalue weighted by Gasteiger charge is 2.13. The zero-order valence-electron chi connectivity index (χ0n) is 16.7. The SMILES string of the molecule is Cc1ccc(Nc2nc(N)nc(COC(=O)CSc3ccc4c(c3)CCC4)n2)cc1. The van der Waals surface area contributed by atoms with Gasteiger partial charge in [0.05, 0.1) is 5.75 Å². The average Bonchev–Trinajstić information content (AvgIpc) is 3.20. The Morgan fingerprint density at radius 1 is 1.10 bits per heavy atom. The number of hydrogen-bond donors (Lipinski definition) is 2. The molecule has 0 saturated carbocycles. The van der Waals surface area contributed by atoms with E-state index in [4.69, 9.17) is 10.5 Å². The summed E-state index contributed by atoms with van der Waals surface area (Å²) in [5, 5.41) is 3.08. The Kier molecular flexibility index (Phi) is 6.13. The topological polar surface area (TPSA) is 103 Å². The van der Waals surface area contributed by atoms with Crippen LogP contribution >= 0.6 is 11.8 Å². The van der Waals surface area contributed by atoms with Gasteiger partial charge in [-0.15, -0.1) is 11.8 Å². The molecule has 0 fully saturated rings. The number of nitrogens with two attached hydrogens (primary N) is 1. The first-order chi connectivity index (χ1) is 14.5. The molecule has 154 valence electrons. The predicted octanol–water partition coefficient (Wildman–Crippen LogP) is 3.83. The van der Waals surface area contributed by atoms with Crippen molar-refractivity contribution in [3.8, 4) is 0 Å². The maximum atomic E-state index is 12.2. The number of hydrogen-bond acceptors (Lipinski definition) is 8. The minimum atomic E-state index is -0.326. The third kappa shape index (κ3) is 5.27. The Hall–Kier alpha value is -3.13. The molecule has 0 spiro atoms. The summed E-state index contributed by atoms with van der Waals surface area (Å²) in [6.07, 6.45) is 3.48. The molecule has 1 aliphatic carbocycles. The number of carbonyl (C=O) groups excluding carboxylic acids is 1. The van der Waals surface area contributed by atoms with Crippen molar-refractivity contribution in [3.63, 3.8) is 0 Å². The molecule has 1 aromatic heterocycles. The van der Waals surface area contributed by atoms with Crippen LogP contribution in [0.3, 0.4) is 0 Å². The van der Waals surface area contributed by atoms with Crippen molar-refractivity contribution in [2.75, 3.05) is 16.8 Å². The summed E-state index contributed by atoms with van der Waals surface area (Å²) < 4.78 is 5.32. The number of fused-ring (bicyclic) bond motifs is 1. The summed E-state index contributed by atoms with van der Waals surface area (Å²) in [6, 6.07) is 14.2. The number of nitrogen functional groups attached to an aromatic ring is 1. The molecular formula is C22H23N5O2S. The van der Waals surface area contributed by atoms with Gasteiger partial charge in [0.2, 0.25) is 11.9 Å². The van der Waals surface area contributed by atoms with Gasteiger partial charge in [-0.05, 0) is 61.6 Å². The second-order valence-electron chi connectivity index (χ2n) is 7.16. The number of esters is 1. The summed E-state index contributed by atoms with van der Waals surface area (Å²) in [7, 11) is 0. The monoisotopic (exact) mass is 421 g/mol. The lowest BCUT2D eigenvalue weighted by Gasteiger charge is -2.08. The lowest BCUT2D eigenvalue weighted by atomic mass is 10.1. The van der Waals surface area contributed by atoms with Crippen LogP contribution in [-0.2, 0) is 29.0 Å². The highest BCUT2D eigenvalue weighted by atomic mass is 32.2. The van der Waals surface area contributed by atoms with Crippen molar-refractivity contribution in [2.45, 2.75) is 37.7 Å². The lowest BCUT2D eigenvalue weighted by Crippen LogP contribution is -2.12. The van der Waals surface area contributed by atoms with Crippen molar-refractivity contribution in [1.29, 1.82) is 0 Å². The van der Waals surface area contributed by atoms with Crippen LogP contribution in [-0.4, -0.2) is 26.7 Å². The average molecular weight is 422 g/mol. The number of aromatic nitrogens is 3. The molecule has 3 N–H and O–H groups in total. The Bertz CT molecular complexity index is 1060. The molecule has 0 saturated heterocycles. The van der Waals surface area contributed by atoms with Crippen LogP contribution in [0.15, 0.2) is 47.4 Å². The molecule has 0 bridgehead atoms. The molecular weight excluding hydrogens is 398 g/mol. The third-order valence-electron chi connectivity index (χ3n) is 4.80. The van der Waals surface area contributed by atoms with E-state index in [1.807, 2.05) is 31.2 Å². The Balaban J connectivity index is 1.31. The van der Waals surface area contributed by atoms with Crippen molar-refractivity contribution >= 4 is 35.3 Å². The molecule has 1 heterocycles. The first-order valence-corrected chi connectivity index (χ1v) is 10.8. The zero-order valence-corrected chi connectivity index (χ0v) is 17.5. The number of benzene rings is 2. The van der Waals surface area contributed by atoms with E-state index in [9.17, 15) is 4.79 Å². The van der Waals surface area contributed by atoms with Crippen LogP contribution in [0.1, 0.15) is 28.9 Å². The van der Waals surface area contributed by atoms with Gasteiger partial charge in [0.25, 0.3) is 0 Å². The quantitative estimate of drug-likeness (QED) is 0.438. The molecule has 1 aliphatic rings. The number of nitrogens with one attached hydrogen (secondary N) is 1. The van der Waals surface area contributed by atoms with Gasteiger partial charge < -0.3 is 15.8 Å². The van der Waals surface area contributed by atoms with Crippen LogP contribution in [0.5, 0.6) is 0 Å². The van der Waals surface area contributed by atoms with E-state index < -0.39 is 0 Å². The van der Waals surface area contributed by atoms with E-state index in [0.717, 1.165) is 29.0 Å². The zero-order chi connectivity index (χ0) is 20.9. The van der Waals surface area contributed by atoms with E-state index in [2.05, 4.69) is 38.5 Å². The Morgan fingerprint density at radius 3 is 2.73 bits per heavy atom. The van der Waals surface area contributed by atoms with E-state index in [1.54, 1.807) is 0 Å². The van der Waals surface area contributed by atoms with Gasteiger partial charge in [-0.1, -0.05) is 23.8 Å². The standard InChI is InChI=1S/C22H23N5O2S/c1-14-5-8-17(9-6-14)24-22-26-19(25-21(23)27-22)12-29-20(28)13-30-18-10-7-15-3-2-4-16(15)11-18/h5-11H,2-4,12-13H2,1H3,(H3,23,24,25,26,27). The molecule has 4 rings (SSSR count). The van der Waals surface area contributed by atoms with Crippen LogP contribution in [0.2, 0.25) is 0 Å². The molecule has 0 atom stereocenters. The highest BCUT2D eigenvalue weighted by molar-refractivity contribution is 8.00. The Morgan fingerprint density at radius 2 is 1.90 bits per heavy atom. The Labute approximate surface area is 179 Å². The minimum Gasteiger partial charge on any atom is -0.457 e. The summed E-state index contributed by atoms with van der Waals surface area (Å²) in [4.78, 5) is 25.7. The molecule has 0 unspecified atom stereocenters. The third-order valence-corrected chi connectivity index (χ3v) is 5.76. The summed E-state index contributed by atoms with van der Waals surface area (Å²) in [5.41, 5.74) is 10.6. The second-order valence-corrected chi connectivity index (χ2v) is 8.21. The van der Waals surface area contributed by atoms with Crippen LogP contribution < -0.4 is 11.1 Å². The van der Waals surface area contributed by atoms with Gasteiger partial charge in [0.1, 0.15) is 0 Å². The first-order valence-electron chi connectivity index (χ1n) is 9.79. The lowest BCUT2D eigenvalue weighted by molar-refractivity contribution is -0.141. The van der Waals surface area contributed by atoms with E-state index in [1.165, 1.54) is 29.3 Å². The maximum absolute atomic E-state index is 12.2. The maximum Gasteiger partial charge on any atom is 0.316 e. The second kappa shape index (κ2) is 9.13. The smallest absolute Gasteiger partial charge is 0.316 e. The van der Waals surface area contributed by atoms with Crippen LogP contribution in [0.4, 0.5) is 17.6 Å². The fourth-order valence-electron chi connectivity index (χ4n) is 3.29. The van der Waals surface area contributed by atoms with Crippen molar-refractivity contribution in [3.05, 3.63) is 65.0 Å². The van der Waals surface area contributed by atoms with Gasteiger partial charge in [0.15, 0.2) is 12.4 Å². The first kappa shape index (κ1) is 20.2. The number of ether oxygens (including phenoxy) is 1. The fraction of sp³-hybridized carbons (Fsp3) is 0.273. The number of rotatable bonds is 7. The minimum absolute atomic E-state index is 0.0567. The largest absolute Gasteiger partial charge is 0.457 e. The van der Waals surface area contributed by atoms with E-state index in [-0.39, 0.29) is 24.3 Å². The molecule has 0 amide bonds. The van der Waals surface area contributed by atoms with Gasteiger partial charge in [-0.2, -0.15) is 15.0 Å². The van der Waals surface area contributed by atoms with Gasteiger partial charge in [0, 0.05) is 10.6 Å². The molecule has 7 nitrogen and oxygen atoms in total. The normalized spacial score (nSPS) is 12.4. The number of carbonyl (C=O) groups is 1. The summed E-state index contributed by atoms with van der Waals surface area (Å²) in [6.45, 7) is 1.96. The molecule has 8 heteroatoms. The summed E-state index contributed by atoms with van der Waals surface area (Å²) in [5.74, 6) is 0.581. The number of nitrogens with zero attached hydrogens (tertiary/aromatic N) is 3. The fourth-order valence-corrected chi connectivity index (χ4v) is 4.05. The molecule has 0 aliphatic heterocycles. The summed E-state index contributed by atoms with van der Waals surface area (Å²) >= 11 is 1.47. The van der Waals surface area contributed by atoms with Crippen molar-refractivity contribution < 1.29 is 9.53 Å². The van der Waals surface area contributed by atoms with Crippen molar-refractivity contribution in [1.82, 2.24) is 15.0 Å². The van der Waals surface area contributed by atoms with Crippen LogP contribution in [0, 0.1) is 6.92 Å². The van der Waals surface area contributed by atoms with Gasteiger partial charge >= 0.3 is 5.97 Å². The van der Waals surface area contributed by atoms with E-state index >= 15 is 0 Å². The molecule has 2 aromatic carbocycles. The van der Waals surface area contributed by atoms with Crippen LogP contribution in [0.25, 0.3) is 0 Å². The number of anilines is 3. The molecule has 3 aromatic rings. The number of thioether (sulfide) groups is 1. The predicted molar refractivity (Wildman–Crippen MR) is 118 cm³/mol. The molecule has 30 heavy (non-hydrogen) atoms. The van der Waals surface area contributed by atoms with Gasteiger partial charge in [-0.3, -0.25) is 4.79 Å². The van der Waals surface area contributed by atoms with Crippen molar-refractivity contribution in [2.24, 2.45) is 0 Å². The molecule has 0 radical (unpaired) electrons.